The zero-order valence-electron chi connectivity index (χ0n) is 15.1. The summed E-state index contributed by atoms with van der Waals surface area (Å²) in [4.78, 5) is 14.4. The van der Waals surface area contributed by atoms with E-state index in [0.29, 0.717) is 0 Å². The Morgan fingerprint density at radius 2 is 2.00 bits per heavy atom. The number of amides is 1. The molecule has 0 spiro atoms. The first-order valence-electron chi connectivity index (χ1n) is 8.69. The average Bonchev–Trinajstić information content (AvgIpc) is 3.05. The number of likely N-dealkylation sites (tertiary alicyclic amines) is 1. The van der Waals surface area contributed by atoms with Gasteiger partial charge in [-0.2, -0.15) is 5.10 Å². The van der Waals surface area contributed by atoms with Gasteiger partial charge in [-0.15, -0.1) is 0 Å². The summed E-state index contributed by atoms with van der Waals surface area (Å²) in [5.41, 5.74) is 0.707. The molecule has 2 heterocycles. The molecule has 0 saturated carbocycles. The predicted molar refractivity (Wildman–Crippen MR) is 100 cm³/mol. The van der Waals surface area contributed by atoms with Crippen LogP contribution in [0.1, 0.15) is 34.8 Å². The van der Waals surface area contributed by atoms with Crippen LogP contribution in [0.5, 0.6) is 0 Å². The minimum atomic E-state index is -2.68. The van der Waals surface area contributed by atoms with Crippen molar-refractivity contribution in [2.75, 3.05) is 19.6 Å². The number of nitrogens with one attached hydrogen (secondary N) is 1. The number of hydrogen-bond acceptors (Lipinski definition) is 3. The number of nitrogens with zero attached hydrogens (tertiary/aromatic N) is 3. The number of halogens is 5. The second-order valence-corrected chi connectivity index (χ2v) is 7.60. The molecule has 1 fully saturated rings. The van der Waals surface area contributed by atoms with Gasteiger partial charge in [-0.3, -0.25) is 14.4 Å². The van der Waals surface area contributed by atoms with E-state index in [-0.39, 0.29) is 54.1 Å². The molecule has 1 amide bonds. The molecule has 5 nitrogen and oxygen atoms in total. The smallest absolute Gasteiger partial charge is 0.253 e. The zero-order chi connectivity index (χ0) is 20.5. The van der Waals surface area contributed by atoms with Gasteiger partial charge in [0, 0.05) is 51.3 Å². The Hall–Kier alpha value is -1.77. The molecule has 1 aliphatic heterocycles. The van der Waals surface area contributed by atoms with Crippen molar-refractivity contribution < 1.29 is 18.0 Å². The van der Waals surface area contributed by atoms with Crippen LogP contribution < -0.4 is 5.32 Å². The van der Waals surface area contributed by atoms with Crippen LogP contribution in [0.15, 0.2) is 24.5 Å². The number of aromatic nitrogens is 2. The van der Waals surface area contributed by atoms with Crippen LogP contribution in [-0.4, -0.2) is 46.1 Å². The molecule has 1 unspecified atom stereocenters. The van der Waals surface area contributed by atoms with Crippen LogP contribution in [0.4, 0.5) is 13.2 Å². The molecule has 1 saturated heterocycles. The van der Waals surface area contributed by atoms with Gasteiger partial charge < -0.3 is 5.32 Å². The lowest BCUT2D eigenvalue weighted by atomic mass is 10.0. The minimum Gasteiger partial charge on any atom is -0.350 e. The van der Waals surface area contributed by atoms with Gasteiger partial charge >= 0.3 is 0 Å². The summed E-state index contributed by atoms with van der Waals surface area (Å²) < 4.78 is 42.2. The van der Waals surface area contributed by atoms with Gasteiger partial charge in [0.2, 0.25) is 0 Å². The van der Waals surface area contributed by atoms with Gasteiger partial charge in [-0.1, -0.05) is 23.2 Å². The van der Waals surface area contributed by atoms with Crippen molar-refractivity contribution in [2.24, 2.45) is 7.05 Å². The van der Waals surface area contributed by atoms with Crippen molar-refractivity contribution in [3.8, 4) is 0 Å². The van der Waals surface area contributed by atoms with Gasteiger partial charge in [0.15, 0.2) is 0 Å². The second kappa shape index (κ2) is 8.31. The van der Waals surface area contributed by atoms with Crippen molar-refractivity contribution >= 4 is 29.1 Å². The Balaban J connectivity index is 1.76. The molecule has 3 rings (SSSR count). The summed E-state index contributed by atoms with van der Waals surface area (Å²) in [6.45, 7) is 0.504. The van der Waals surface area contributed by atoms with Gasteiger partial charge in [-0.05, 0) is 12.1 Å². The first-order valence-corrected chi connectivity index (χ1v) is 9.45. The summed E-state index contributed by atoms with van der Waals surface area (Å²) in [7, 11) is 1.75. The third-order valence-electron chi connectivity index (χ3n) is 4.77. The molecule has 28 heavy (non-hydrogen) atoms. The lowest BCUT2D eigenvalue weighted by Gasteiger charge is -2.37. The number of carbonyl (C=O) groups is 1. The van der Waals surface area contributed by atoms with Crippen molar-refractivity contribution in [1.29, 1.82) is 0 Å². The lowest BCUT2D eigenvalue weighted by Crippen LogP contribution is -2.45. The molecule has 0 radical (unpaired) electrons. The maximum absolute atomic E-state index is 13.6. The van der Waals surface area contributed by atoms with Gasteiger partial charge in [-0.25, -0.2) is 13.2 Å². The average molecular weight is 435 g/mol. The van der Waals surface area contributed by atoms with Crippen LogP contribution in [0.25, 0.3) is 0 Å². The largest absolute Gasteiger partial charge is 0.350 e. The third kappa shape index (κ3) is 4.79. The quantitative estimate of drug-likeness (QED) is 0.721. The van der Waals surface area contributed by atoms with Crippen LogP contribution in [-0.2, 0) is 7.05 Å². The number of carbonyl (C=O) groups excluding carboxylic acids is 1. The Kier molecular flexibility index (Phi) is 6.21. The van der Waals surface area contributed by atoms with Crippen LogP contribution >= 0.6 is 23.2 Å². The molecule has 1 aromatic heterocycles. The molecule has 0 aliphatic carbocycles. The summed E-state index contributed by atoms with van der Waals surface area (Å²) >= 11 is 11.8. The molecule has 1 N–H and O–H groups in total. The van der Waals surface area contributed by atoms with E-state index in [4.69, 9.17) is 23.2 Å². The Morgan fingerprint density at radius 1 is 1.32 bits per heavy atom. The maximum atomic E-state index is 13.6. The van der Waals surface area contributed by atoms with E-state index in [1.807, 2.05) is 4.90 Å². The number of aryl methyl sites for hydroxylation is 1. The Bertz CT molecular complexity index is 865. The molecule has 2 aromatic rings. The normalized spacial score (nSPS) is 18.1. The molecule has 1 aliphatic rings. The lowest BCUT2D eigenvalue weighted by molar-refractivity contribution is -0.0632. The van der Waals surface area contributed by atoms with Crippen molar-refractivity contribution in [1.82, 2.24) is 20.0 Å². The molecule has 152 valence electrons. The second-order valence-electron chi connectivity index (χ2n) is 6.81. The first kappa shape index (κ1) is 21.0. The third-order valence-corrected chi connectivity index (χ3v) is 5.58. The summed E-state index contributed by atoms with van der Waals surface area (Å²) in [5, 5.41) is 6.72. The fourth-order valence-corrected chi connectivity index (χ4v) is 3.64. The van der Waals surface area contributed by atoms with E-state index >= 15 is 0 Å². The van der Waals surface area contributed by atoms with E-state index in [1.165, 1.54) is 0 Å². The van der Waals surface area contributed by atoms with Gasteiger partial charge in [0.05, 0.1) is 27.8 Å². The summed E-state index contributed by atoms with van der Waals surface area (Å²) in [6.07, 6.45) is 2.91. The molecular weight excluding hydrogens is 416 g/mol. The maximum Gasteiger partial charge on any atom is 0.253 e. The topological polar surface area (TPSA) is 50.2 Å². The Morgan fingerprint density at radius 3 is 2.61 bits per heavy atom. The molecule has 0 bridgehead atoms. The van der Waals surface area contributed by atoms with Crippen LogP contribution in [0.3, 0.4) is 0 Å². The number of hydrogen-bond donors (Lipinski definition) is 1. The van der Waals surface area contributed by atoms with E-state index in [2.05, 4.69) is 10.4 Å². The highest BCUT2D eigenvalue weighted by Gasteiger charge is 2.37. The highest BCUT2D eigenvalue weighted by molar-refractivity contribution is 6.43. The molecular formula is C18H19Cl2F3N4O. The summed E-state index contributed by atoms with van der Waals surface area (Å²) in [6, 6.07) is 1.67. The highest BCUT2D eigenvalue weighted by Crippen LogP contribution is 2.32. The van der Waals surface area contributed by atoms with Crippen molar-refractivity contribution in [3.63, 3.8) is 0 Å². The standard InChI is InChI=1S/C18H19Cl2F3N4O/c1-26-10-11(8-25-26)15(27-4-2-18(22,23)3-5-27)9-24-17(28)13-6-12(21)7-14(19)16(13)20/h6-8,10,15H,2-5,9H2,1H3,(H,24,28). The zero-order valence-corrected chi connectivity index (χ0v) is 16.6. The highest BCUT2D eigenvalue weighted by atomic mass is 35.5. The Labute approximate surface area is 170 Å². The fourth-order valence-electron chi connectivity index (χ4n) is 3.24. The van der Waals surface area contributed by atoms with Crippen LogP contribution in [0.2, 0.25) is 10.0 Å². The van der Waals surface area contributed by atoms with E-state index in [1.54, 1.807) is 24.1 Å². The number of rotatable bonds is 5. The van der Waals surface area contributed by atoms with E-state index in [0.717, 1.165) is 17.7 Å². The van der Waals surface area contributed by atoms with E-state index < -0.39 is 17.6 Å². The SMILES string of the molecule is Cn1cc(C(CNC(=O)c2cc(F)cc(Cl)c2Cl)N2CCC(F)(F)CC2)cn1. The monoisotopic (exact) mass is 434 g/mol. The van der Waals surface area contributed by atoms with E-state index in [9.17, 15) is 18.0 Å². The number of benzene rings is 1. The molecule has 1 aromatic carbocycles. The minimum absolute atomic E-state index is 0.0453. The van der Waals surface area contributed by atoms with Gasteiger partial charge in [0.1, 0.15) is 5.82 Å². The van der Waals surface area contributed by atoms with Crippen molar-refractivity contribution in [2.45, 2.75) is 24.8 Å². The van der Waals surface area contributed by atoms with Crippen LogP contribution in [0, 0.1) is 5.82 Å². The van der Waals surface area contributed by atoms with Crippen molar-refractivity contribution in [3.05, 3.63) is 51.5 Å². The predicted octanol–water partition coefficient (Wildman–Crippen LogP) is 4.07. The molecule has 10 heteroatoms. The summed E-state index contributed by atoms with van der Waals surface area (Å²) in [5.74, 6) is -3.95. The van der Waals surface area contributed by atoms with Gasteiger partial charge in [0.25, 0.3) is 11.8 Å². The first-order chi connectivity index (χ1) is 13.2. The fraction of sp³-hybridized carbons (Fsp3) is 0.444. The number of alkyl halides is 2. The number of piperidine rings is 1. The molecule has 1 atom stereocenters.